The van der Waals surface area contributed by atoms with E-state index in [1.807, 2.05) is 0 Å². The monoisotopic (exact) mass is 237 g/mol. The first-order valence-electron chi connectivity index (χ1n) is 4.53. The van der Waals surface area contributed by atoms with Crippen LogP contribution >= 0.6 is 0 Å². The standard InChI is InChI=1S/C10H11F4NO/c1-15(4-9(13)14)10-7(11)2-6(5-16)3-8(10)12/h2-3,9,16H,4-5H2,1H3. The van der Waals surface area contributed by atoms with Gasteiger partial charge in [-0.1, -0.05) is 0 Å². The minimum absolute atomic E-state index is 0.0594. The average Bonchev–Trinajstić information content (AvgIpc) is 2.15. The maximum Gasteiger partial charge on any atom is 0.255 e. The summed E-state index contributed by atoms with van der Waals surface area (Å²) in [6, 6.07) is 1.83. The molecule has 0 amide bonds. The zero-order valence-electron chi connectivity index (χ0n) is 8.55. The van der Waals surface area contributed by atoms with Gasteiger partial charge in [-0.2, -0.15) is 0 Å². The molecule has 0 saturated carbocycles. The largest absolute Gasteiger partial charge is 0.392 e. The number of benzene rings is 1. The smallest absolute Gasteiger partial charge is 0.255 e. The van der Waals surface area contributed by atoms with Crippen LogP contribution in [0.4, 0.5) is 23.2 Å². The number of aliphatic hydroxyl groups excluding tert-OH is 1. The van der Waals surface area contributed by atoms with Gasteiger partial charge in [0.25, 0.3) is 6.43 Å². The Labute approximate surface area is 90.1 Å². The fourth-order valence-electron chi connectivity index (χ4n) is 1.37. The van der Waals surface area contributed by atoms with Gasteiger partial charge in [-0.3, -0.25) is 0 Å². The molecule has 1 N–H and O–H groups in total. The van der Waals surface area contributed by atoms with Crippen LogP contribution in [0.3, 0.4) is 0 Å². The van der Waals surface area contributed by atoms with E-state index in [0.29, 0.717) is 0 Å². The second-order valence-electron chi connectivity index (χ2n) is 3.34. The fraction of sp³-hybridized carbons (Fsp3) is 0.400. The van der Waals surface area contributed by atoms with E-state index in [1.54, 1.807) is 0 Å². The SMILES string of the molecule is CN(CC(F)F)c1c(F)cc(CO)cc1F. The van der Waals surface area contributed by atoms with Gasteiger partial charge in [0.1, 0.15) is 17.3 Å². The van der Waals surface area contributed by atoms with Crippen LogP contribution in [0.5, 0.6) is 0 Å². The Hall–Kier alpha value is -1.30. The van der Waals surface area contributed by atoms with Gasteiger partial charge >= 0.3 is 0 Å². The van der Waals surface area contributed by atoms with E-state index >= 15 is 0 Å². The van der Waals surface area contributed by atoms with Crippen molar-refractivity contribution < 1.29 is 22.7 Å². The van der Waals surface area contributed by atoms with E-state index in [-0.39, 0.29) is 5.56 Å². The molecule has 1 rings (SSSR count). The van der Waals surface area contributed by atoms with Crippen molar-refractivity contribution in [2.24, 2.45) is 0 Å². The Morgan fingerprint density at radius 2 is 1.75 bits per heavy atom. The summed E-state index contributed by atoms with van der Waals surface area (Å²) in [6.45, 7) is -1.26. The van der Waals surface area contributed by atoms with Crippen molar-refractivity contribution in [3.05, 3.63) is 29.3 Å². The Kier molecular flexibility index (Phi) is 4.12. The molecule has 0 unspecified atom stereocenters. The first kappa shape index (κ1) is 12.8. The van der Waals surface area contributed by atoms with Crippen LogP contribution in [-0.2, 0) is 6.61 Å². The average molecular weight is 237 g/mol. The topological polar surface area (TPSA) is 23.5 Å². The summed E-state index contributed by atoms with van der Waals surface area (Å²) in [5.74, 6) is -1.93. The number of hydrogen-bond donors (Lipinski definition) is 1. The molecule has 0 aliphatic heterocycles. The highest BCUT2D eigenvalue weighted by molar-refractivity contribution is 5.50. The van der Waals surface area contributed by atoms with E-state index < -0.39 is 36.9 Å². The lowest BCUT2D eigenvalue weighted by atomic mass is 10.2. The Bertz CT molecular complexity index is 347. The molecule has 0 radical (unpaired) electrons. The Balaban J connectivity index is 3.04. The second-order valence-corrected chi connectivity index (χ2v) is 3.34. The molecule has 0 aliphatic carbocycles. The van der Waals surface area contributed by atoms with Gasteiger partial charge < -0.3 is 10.0 Å². The molecule has 2 nitrogen and oxygen atoms in total. The summed E-state index contributed by atoms with van der Waals surface area (Å²) in [6.07, 6.45) is -2.68. The molecule has 0 aromatic heterocycles. The fourth-order valence-corrected chi connectivity index (χ4v) is 1.37. The van der Waals surface area contributed by atoms with Crippen LogP contribution in [0.2, 0.25) is 0 Å². The normalized spacial score (nSPS) is 10.9. The zero-order chi connectivity index (χ0) is 12.3. The van der Waals surface area contributed by atoms with Crippen molar-refractivity contribution in [2.45, 2.75) is 13.0 Å². The number of rotatable bonds is 4. The van der Waals surface area contributed by atoms with Gasteiger partial charge in [0.15, 0.2) is 0 Å². The number of alkyl halides is 2. The van der Waals surface area contributed by atoms with E-state index in [1.165, 1.54) is 7.05 Å². The summed E-state index contributed by atoms with van der Waals surface area (Å²) >= 11 is 0. The lowest BCUT2D eigenvalue weighted by molar-refractivity contribution is 0.156. The van der Waals surface area contributed by atoms with Crippen molar-refractivity contribution in [3.8, 4) is 0 Å². The van der Waals surface area contributed by atoms with Crippen molar-refractivity contribution in [1.29, 1.82) is 0 Å². The number of aliphatic hydroxyl groups is 1. The molecule has 16 heavy (non-hydrogen) atoms. The molecule has 0 saturated heterocycles. The number of hydrogen-bond acceptors (Lipinski definition) is 2. The third-order valence-electron chi connectivity index (χ3n) is 2.05. The third-order valence-corrected chi connectivity index (χ3v) is 2.05. The van der Waals surface area contributed by atoms with Crippen molar-refractivity contribution >= 4 is 5.69 Å². The quantitative estimate of drug-likeness (QED) is 0.811. The van der Waals surface area contributed by atoms with E-state index in [2.05, 4.69) is 0 Å². The molecule has 90 valence electrons. The predicted molar refractivity (Wildman–Crippen MR) is 51.6 cm³/mol. The van der Waals surface area contributed by atoms with Crippen LogP contribution < -0.4 is 4.90 Å². The second kappa shape index (κ2) is 5.16. The van der Waals surface area contributed by atoms with E-state index in [0.717, 1.165) is 17.0 Å². The highest BCUT2D eigenvalue weighted by Crippen LogP contribution is 2.24. The lowest BCUT2D eigenvalue weighted by Crippen LogP contribution is -2.26. The molecule has 1 aromatic carbocycles. The van der Waals surface area contributed by atoms with Crippen LogP contribution in [-0.4, -0.2) is 25.1 Å². The minimum atomic E-state index is -2.68. The summed E-state index contributed by atoms with van der Waals surface area (Å²) < 4.78 is 50.8. The zero-order valence-corrected chi connectivity index (χ0v) is 8.55. The van der Waals surface area contributed by atoms with Crippen molar-refractivity contribution in [2.75, 3.05) is 18.5 Å². The summed E-state index contributed by atoms with van der Waals surface area (Å²) in [4.78, 5) is 0.802. The molecule has 6 heteroatoms. The Morgan fingerprint density at radius 1 is 1.25 bits per heavy atom. The number of halogens is 4. The maximum atomic E-state index is 13.4. The van der Waals surface area contributed by atoms with E-state index in [9.17, 15) is 17.6 Å². The molecule has 0 heterocycles. The van der Waals surface area contributed by atoms with Crippen LogP contribution in [0.25, 0.3) is 0 Å². The molecule has 0 atom stereocenters. The molecule has 1 aromatic rings. The van der Waals surface area contributed by atoms with Crippen LogP contribution in [0.1, 0.15) is 5.56 Å². The Morgan fingerprint density at radius 3 is 2.12 bits per heavy atom. The van der Waals surface area contributed by atoms with Crippen LogP contribution in [0.15, 0.2) is 12.1 Å². The number of anilines is 1. The minimum Gasteiger partial charge on any atom is -0.392 e. The molecule has 0 bridgehead atoms. The van der Waals surface area contributed by atoms with E-state index in [4.69, 9.17) is 5.11 Å². The highest BCUT2D eigenvalue weighted by Gasteiger charge is 2.17. The summed E-state index contributed by atoms with van der Waals surface area (Å²) in [7, 11) is 1.17. The predicted octanol–water partition coefficient (Wildman–Crippen LogP) is 2.16. The summed E-state index contributed by atoms with van der Waals surface area (Å²) in [5, 5.41) is 8.69. The third kappa shape index (κ3) is 2.85. The van der Waals surface area contributed by atoms with Crippen molar-refractivity contribution in [3.63, 3.8) is 0 Å². The van der Waals surface area contributed by atoms with Gasteiger partial charge in [-0.05, 0) is 17.7 Å². The first-order chi connectivity index (χ1) is 7.45. The highest BCUT2D eigenvalue weighted by atomic mass is 19.3. The maximum absolute atomic E-state index is 13.4. The van der Waals surface area contributed by atoms with Crippen LogP contribution in [0, 0.1) is 11.6 Å². The van der Waals surface area contributed by atoms with Gasteiger partial charge in [0.2, 0.25) is 0 Å². The summed E-state index contributed by atoms with van der Waals surface area (Å²) in [5.41, 5.74) is -0.457. The van der Waals surface area contributed by atoms with Gasteiger partial charge in [-0.25, -0.2) is 17.6 Å². The lowest BCUT2D eigenvalue weighted by Gasteiger charge is -2.20. The van der Waals surface area contributed by atoms with Gasteiger partial charge in [0.05, 0.1) is 13.2 Å². The molecular formula is C10H11F4NO. The number of nitrogens with zero attached hydrogens (tertiary/aromatic N) is 1. The molecule has 0 spiro atoms. The molecular weight excluding hydrogens is 226 g/mol. The molecule has 0 fully saturated rings. The first-order valence-corrected chi connectivity index (χ1v) is 4.53. The van der Waals surface area contributed by atoms with Gasteiger partial charge in [-0.15, -0.1) is 0 Å². The van der Waals surface area contributed by atoms with Gasteiger partial charge in [0, 0.05) is 7.05 Å². The molecule has 0 aliphatic rings. The van der Waals surface area contributed by atoms with Crippen molar-refractivity contribution in [1.82, 2.24) is 0 Å².